The normalized spacial score (nSPS) is 10.0. The van der Waals surface area contributed by atoms with Crippen molar-refractivity contribution in [3.63, 3.8) is 0 Å². The number of hydrogen-bond donors (Lipinski definition) is 2. The molecule has 0 aliphatic rings. The Morgan fingerprint density at radius 2 is 2.33 bits per heavy atom. The first kappa shape index (κ1) is 11.2. The largest absolute Gasteiger partial charge is 0.477 e. The van der Waals surface area contributed by atoms with Crippen LogP contribution in [0.25, 0.3) is 0 Å². The van der Waals surface area contributed by atoms with Crippen molar-refractivity contribution >= 4 is 17.7 Å². The molecule has 7 heteroatoms. The zero-order chi connectivity index (χ0) is 11.4. The molecule has 0 saturated heterocycles. The predicted octanol–water partition coefficient (Wildman–Crippen LogP) is -0.297. The predicted molar refractivity (Wildman–Crippen MR) is 50.7 cm³/mol. The SMILES string of the molecule is COCC(=O)Nc1c(C(=O)O)cnn1C. The van der Waals surface area contributed by atoms with E-state index in [9.17, 15) is 9.59 Å². The van der Waals surface area contributed by atoms with Gasteiger partial charge in [-0.15, -0.1) is 0 Å². The van der Waals surface area contributed by atoms with Crippen LogP contribution in [0, 0.1) is 0 Å². The minimum atomic E-state index is -1.14. The molecule has 0 aliphatic heterocycles. The third-order valence-electron chi connectivity index (χ3n) is 1.70. The quantitative estimate of drug-likeness (QED) is 0.716. The number of carboxylic acid groups (broad SMARTS) is 1. The van der Waals surface area contributed by atoms with Gasteiger partial charge in [0.2, 0.25) is 0 Å². The van der Waals surface area contributed by atoms with Gasteiger partial charge in [-0.05, 0) is 0 Å². The van der Waals surface area contributed by atoms with E-state index in [1.807, 2.05) is 0 Å². The van der Waals surface area contributed by atoms with Crippen molar-refractivity contribution in [2.45, 2.75) is 0 Å². The Morgan fingerprint density at radius 3 is 2.87 bits per heavy atom. The van der Waals surface area contributed by atoms with E-state index in [4.69, 9.17) is 5.11 Å². The van der Waals surface area contributed by atoms with E-state index in [2.05, 4.69) is 15.2 Å². The number of carbonyl (C=O) groups is 2. The topological polar surface area (TPSA) is 93.4 Å². The van der Waals surface area contributed by atoms with Crippen LogP contribution in [-0.4, -0.2) is 40.5 Å². The molecule has 0 fully saturated rings. The number of nitrogens with one attached hydrogen (secondary N) is 1. The second-order valence-corrected chi connectivity index (χ2v) is 2.82. The third-order valence-corrected chi connectivity index (χ3v) is 1.70. The molecule has 1 rings (SSSR count). The van der Waals surface area contributed by atoms with Crippen LogP contribution < -0.4 is 5.32 Å². The maximum Gasteiger partial charge on any atom is 0.341 e. The van der Waals surface area contributed by atoms with Crippen molar-refractivity contribution in [3.8, 4) is 0 Å². The summed E-state index contributed by atoms with van der Waals surface area (Å²) < 4.78 is 5.88. The molecule has 0 radical (unpaired) electrons. The number of carboxylic acids is 1. The molecule has 2 N–H and O–H groups in total. The van der Waals surface area contributed by atoms with Gasteiger partial charge in [-0.3, -0.25) is 9.48 Å². The molecule has 82 valence electrons. The number of amides is 1. The lowest BCUT2D eigenvalue weighted by Crippen LogP contribution is -2.20. The summed E-state index contributed by atoms with van der Waals surface area (Å²) in [6.45, 7) is -0.135. The number of carbonyl (C=O) groups excluding carboxylic acids is 1. The monoisotopic (exact) mass is 213 g/mol. The van der Waals surface area contributed by atoms with Crippen molar-refractivity contribution in [2.24, 2.45) is 7.05 Å². The Morgan fingerprint density at radius 1 is 1.67 bits per heavy atom. The van der Waals surface area contributed by atoms with E-state index < -0.39 is 11.9 Å². The molecule has 0 saturated carbocycles. The van der Waals surface area contributed by atoms with Crippen LogP contribution in [0.2, 0.25) is 0 Å². The summed E-state index contributed by atoms with van der Waals surface area (Å²) in [5.41, 5.74) is -0.0537. The third kappa shape index (κ3) is 2.53. The number of aromatic carboxylic acids is 1. The number of rotatable bonds is 4. The summed E-state index contributed by atoms with van der Waals surface area (Å²) in [7, 11) is 2.91. The molecule has 0 aliphatic carbocycles. The van der Waals surface area contributed by atoms with E-state index in [1.165, 1.54) is 25.0 Å². The Balaban J connectivity index is 2.88. The Labute approximate surface area is 85.6 Å². The van der Waals surface area contributed by atoms with Crippen LogP contribution >= 0.6 is 0 Å². The number of aryl methyl sites for hydroxylation is 1. The summed E-state index contributed by atoms with van der Waals surface area (Å²) in [4.78, 5) is 21.9. The minimum absolute atomic E-state index is 0.0537. The number of aromatic nitrogens is 2. The van der Waals surface area contributed by atoms with Crippen LogP contribution in [0.15, 0.2) is 6.20 Å². The van der Waals surface area contributed by atoms with E-state index >= 15 is 0 Å². The molecule has 0 unspecified atom stereocenters. The van der Waals surface area contributed by atoms with Gasteiger partial charge in [0, 0.05) is 14.2 Å². The standard InChI is InChI=1S/C8H11N3O4/c1-11-7(10-6(12)4-15-2)5(3-9-11)8(13)14/h3H,4H2,1-2H3,(H,10,12)(H,13,14). The molecule has 1 heterocycles. The highest BCUT2D eigenvalue weighted by Gasteiger charge is 2.16. The van der Waals surface area contributed by atoms with Crippen molar-refractivity contribution in [3.05, 3.63) is 11.8 Å². The lowest BCUT2D eigenvalue weighted by Gasteiger charge is -2.05. The van der Waals surface area contributed by atoms with Crippen molar-refractivity contribution in [2.75, 3.05) is 19.0 Å². The Hall–Kier alpha value is -1.89. The highest BCUT2D eigenvalue weighted by atomic mass is 16.5. The zero-order valence-corrected chi connectivity index (χ0v) is 8.35. The van der Waals surface area contributed by atoms with E-state index in [0.29, 0.717) is 0 Å². The van der Waals surface area contributed by atoms with Gasteiger partial charge in [0.05, 0.1) is 6.20 Å². The lowest BCUT2D eigenvalue weighted by molar-refractivity contribution is -0.119. The molecule has 0 bridgehead atoms. The first-order valence-corrected chi connectivity index (χ1v) is 4.10. The number of ether oxygens (including phenoxy) is 1. The average molecular weight is 213 g/mol. The van der Waals surface area contributed by atoms with Crippen LogP contribution in [0.5, 0.6) is 0 Å². The molecule has 1 amide bonds. The molecular formula is C8H11N3O4. The minimum Gasteiger partial charge on any atom is -0.477 e. The van der Waals surface area contributed by atoms with Gasteiger partial charge in [-0.2, -0.15) is 5.10 Å². The second kappa shape index (κ2) is 4.56. The van der Waals surface area contributed by atoms with Crippen LogP contribution in [-0.2, 0) is 16.6 Å². The average Bonchev–Trinajstić information content (AvgIpc) is 2.48. The summed E-state index contributed by atoms with van der Waals surface area (Å²) >= 11 is 0. The first-order chi connectivity index (χ1) is 7.06. The molecule has 15 heavy (non-hydrogen) atoms. The van der Waals surface area contributed by atoms with Gasteiger partial charge in [0.25, 0.3) is 5.91 Å². The fourth-order valence-electron chi connectivity index (χ4n) is 1.04. The smallest absolute Gasteiger partial charge is 0.341 e. The molecule has 0 atom stereocenters. The summed E-state index contributed by atoms with van der Waals surface area (Å²) in [6.07, 6.45) is 1.17. The first-order valence-electron chi connectivity index (χ1n) is 4.10. The lowest BCUT2D eigenvalue weighted by atomic mass is 10.3. The molecular weight excluding hydrogens is 202 g/mol. The maximum absolute atomic E-state index is 11.2. The summed E-state index contributed by atoms with van der Waals surface area (Å²) in [5.74, 6) is -1.43. The van der Waals surface area contributed by atoms with E-state index in [0.717, 1.165) is 0 Å². The fourth-order valence-corrected chi connectivity index (χ4v) is 1.04. The van der Waals surface area contributed by atoms with Gasteiger partial charge in [-0.25, -0.2) is 4.79 Å². The van der Waals surface area contributed by atoms with Crippen LogP contribution in [0.1, 0.15) is 10.4 Å². The van der Waals surface area contributed by atoms with Crippen LogP contribution in [0.3, 0.4) is 0 Å². The molecule has 1 aromatic rings. The van der Waals surface area contributed by atoms with Gasteiger partial charge in [0.15, 0.2) is 0 Å². The number of nitrogens with zero attached hydrogens (tertiary/aromatic N) is 2. The molecule has 0 spiro atoms. The van der Waals surface area contributed by atoms with Crippen molar-refractivity contribution < 1.29 is 19.4 Å². The molecule has 0 aromatic carbocycles. The Kier molecular flexibility index (Phi) is 3.40. The highest BCUT2D eigenvalue weighted by molar-refractivity contribution is 5.99. The summed E-state index contributed by atoms with van der Waals surface area (Å²) in [6, 6.07) is 0. The van der Waals surface area contributed by atoms with Gasteiger partial charge in [0.1, 0.15) is 18.0 Å². The zero-order valence-electron chi connectivity index (χ0n) is 8.35. The van der Waals surface area contributed by atoms with Gasteiger partial charge < -0.3 is 15.2 Å². The number of hydrogen-bond acceptors (Lipinski definition) is 4. The fraction of sp³-hybridized carbons (Fsp3) is 0.375. The second-order valence-electron chi connectivity index (χ2n) is 2.82. The van der Waals surface area contributed by atoms with E-state index in [-0.39, 0.29) is 18.0 Å². The molecule has 7 nitrogen and oxygen atoms in total. The molecule has 1 aromatic heterocycles. The van der Waals surface area contributed by atoms with Crippen molar-refractivity contribution in [1.29, 1.82) is 0 Å². The highest BCUT2D eigenvalue weighted by Crippen LogP contribution is 2.13. The summed E-state index contributed by atoms with van der Waals surface area (Å²) in [5, 5.41) is 14.9. The number of methoxy groups -OCH3 is 1. The van der Waals surface area contributed by atoms with Gasteiger partial charge in [-0.1, -0.05) is 0 Å². The van der Waals surface area contributed by atoms with Crippen LogP contribution in [0.4, 0.5) is 5.82 Å². The van der Waals surface area contributed by atoms with Crippen molar-refractivity contribution in [1.82, 2.24) is 9.78 Å². The Bertz CT molecular complexity index is 385. The maximum atomic E-state index is 11.2. The van der Waals surface area contributed by atoms with E-state index in [1.54, 1.807) is 0 Å². The number of anilines is 1. The van der Waals surface area contributed by atoms with Gasteiger partial charge >= 0.3 is 5.97 Å².